The molecule has 0 atom stereocenters. The van der Waals surface area contributed by atoms with E-state index >= 15 is 0 Å². The van der Waals surface area contributed by atoms with Gasteiger partial charge in [0.05, 0.1) is 0 Å². The van der Waals surface area contributed by atoms with Crippen LogP contribution in [0.4, 0.5) is 11.8 Å². The molecule has 164 valence electrons. The van der Waals surface area contributed by atoms with Crippen LogP contribution in [0, 0.1) is 13.8 Å². The third-order valence-corrected chi connectivity index (χ3v) is 6.29. The third kappa shape index (κ3) is 5.63. The van der Waals surface area contributed by atoms with Gasteiger partial charge in [-0.25, -0.2) is 4.98 Å². The fraction of sp³-hybridized carbons (Fsp3) is 0.480. The van der Waals surface area contributed by atoms with Crippen LogP contribution in [0.15, 0.2) is 36.4 Å². The first-order valence-electron chi connectivity index (χ1n) is 11.5. The molecule has 6 nitrogen and oxygen atoms in total. The van der Waals surface area contributed by atoms with E-state index in [1.807, 2.05) is 42.2 Å². The molecule has 2 fully saturated rings. The van der Waals surface area contributed by atoms with Gasteiger partial charge < -0.3 is 15.1 Å². The topological polar surface area (TPSA) is 61.4 Å². The quantitative estimate of drug-likeness (QED) is 0.736. The number of piperazine rings is 1. The summed E-state index contributed by atoms with van der Waals surface area (Å²) in [7, 11) is 0. The van der Waals surface area contributed by atoms with Crippen molar-refractivity contribution in [3.63, 3.8) is 0 Å². The van der Waals surface area contributed by atoms with Gasteiger partial charge in [0, 0.05) is 50.1 Å². The number of rotatable bonds is 5. The molecule has 0 unspecified atom stereocenters. The van der Waals surface area contributed by atoms with Gasteiger partial charge in [0.25, 0.3) is 0 Å². The zero-order chi connectivity index (χ0) is 21.6. The van der Waals surface area contributed by atoms with Gasteiger partial charge in [-0.3, -0.25) is 4.79 Å². The van der Waals surface area contributed by atoms with E-state index in [2.05, 4.69) is 28.2 Å². The molecule has 1 N–H and O–H groups in total. The molecule has 2 heterocycles. The molecule has 0 spiro atoms. The van der Waals surface area contributed by atoms with Crippen LogP contribution in [-0.4, -0.2) is 53.0 Å². The largest absolute Gasteiger partial charge is 0.353 e. The lowest BCUT2D eigenvalue weighted by molar-refractivity contribution is -0.126. The molecule has 2 aromatic rings. The number of carbonyl (C=O) groups excluding carboxylic acids is 1. The molecular weight excluding hydrogens is 386 g/mol. The van der Waals surface area contributed by atoms with Crippen molar-refractivity contribution in [2.45, 2.75) is 52.0 Å². The van der Waals surface area contributed by atoms with E-state index in [1.54, 1.807) is 6.08 Å². The molecule has 1 saturated heterocycles. The lowest BCUT2D eigenvalue weighted by atomic mass is 9.96. The smallest absolute Gasteiger partial charge is 0.246 e. The van der Waals surface area contributed by atoms with E-state index in [0.29, 0.717) is 19.1 Å². The Labute approximate surface area is 185 Å². The van der Waals surface area contributed by atoms with Gasteiger partial charge in [-0.05, 0) is 43.9 Å². The van der Waals surface area contributed by atoms with Crippen LogP contribution in [0.5, 0.6) is 0 Å². The molecule has 1 aromatic carbocycles. The second-order valence-corrected chi connectivity index (χ2v) is 8.67. The summed E-state index contributed by atoms with van der Waals surface area (Å²) in [5.41, 5.74) is 3.24. The molecule has 2 aliphatic rings. The van der Waals surface area contributed by atoms with E-state index in [9.17, 15) is 4.79 Å². The molecule has 1 amide bonds. The van der Waals surface area contributed by atoms with Crippen LogP contribution in [0.3, 0.4) is 0 Å². The Hall–Kier alpha value is -2.89. The van der Waals surface area contributed by atoms with Crippen LogP contribution in [0.25, 0.3) is 6.08 Å². The maximum atomic E-state index is 12.6. The summed E-state index contributed by atoms with van der Waals surface area (Å²) in [5, 5.41) is 3.54. The number of carbonyl (C=O) groups is 1. The Kier molecular flexibility index (Phi) is 6.85. The minimum atomic E-state index is 0.0708. The minimum Gasteiger partial charge on any atom is -0.353 e. The van der Waals surface area contributed by atoms with Crippen LogP contribution in [0.1, 0.15) is 48.9 Å². The summed E-state index contributed by atoms with van der Waals surface area (Å²) >= 11 is 0. The van der Waals surface area contributed by atoms with E-state index in [1.165, 1.54) is 37.7 Å². The van der Waals surface area contributed by atoms with Gasteiger partial charge in [0.15, 0.2) is 0 Å². The highest BCUT2D eigenvalue weighted by molar-refractivity contribution is 5.92. The Morgan fingerprint density at radius 3 is 2.52 bits per heavy atom. The van der Waals surface area contributed by atoms with Crippen LogP contribution >= 0.6 is 0 Å². The predicted molar refractivity (Wildman–Crippen MR) is 126 cm³/mol. The summed E-state index contributed by atoms with van der Waals surface area (Å²) in [6, 6.07) is 10.6. The van der Waals surface area contributed by atoms with Crippen molar-refractivity contribution in [2.75, 3.05) is 36.4 Å². The minimum absolute atomic E-state index is 0.0708. The van der Waals surface area contributed by atoms with Crippen LogP contribution in [-0.2, 0) is 4.79 Å². The van der Waals surface area contributed by atoms with E-state index in [0.717, 1.165) is 36.1 Å². The van der Waals surface area contributed by atoms with Gasteiger partial charge in [-0.1, -0.05) is 43.5 Å². The fourth-order valence-electron chi connectivity index (χ4n) is 4.40. The second-order valence-electron chi connectivity index (χ2n) is 8.67. The zero-order valence-corrected chi connectivity index (χ0v) is 18.7. The zero-order valence-electron chi connectivity index (χ0n) is 18.7. The predicted octanol–water partition coefficient (Wildman–Crippen LogP) is 4.20. The van der Waals surface area contributed by atoms with Crippen molar-refractivity contribution in [3.8, 4) is 0 Å². The van der Waals surface area contributed by atoms with E-state index in [-0.39, 0.29) is 5.91 Å². The number of hydrogen-bond acceptors (Lipinski definition) is 5. The van der Waals surface area contributed by atoms with E-state index in [4.69, 9.17) is 4.98 Å². The number of anilines is 2. The molecule has 6 heteroatoms. The molecule has 0 radical (unpaired) electrons. The van der Waals surface area contributed by atoms with Gasteiger partial charge in [0.1, 0.15) is 5.82 Å². The first-order chi connectivity index (χ1) is 15.1. The molecule has 1 saturated carbocycles. The van der Waals surface area contributed by atoms with Crippen LogP contribution < -0.4 is 10.2 Å². The Bertz CT molecular complexity index is 927. The first kappa shape index (κ1) is 21.3. The number of nitrogens with zero attached hydrogens (tertiary/aromatic N) is 4. The van der Waals surface area contributed by atoms with E-state index < -0.39 is 0 Å². The van der Waals surface area contributed by atoms with Crippen molar-refractivity contribution in [1.29, 1.82) is 0 Å². The summed E-state index contributed by atoms with van der Waals surface area (Å²) in [5.74, 6) is 1.76. The highest BCUT2D eigenvalue weighted by atomic mass is 16.2. The van der Waals surface area contributed by atoms with Crippen molar-refractivity contribution >= 4 is 23.7 Å². The Morgan fingerprint density at radius 1 is 1.03 bits per heavy atom. The molecular formula is C25H33N5O. The van der Waals surface area contributed by atoms with Gasteiger partial charge in [-0.15, -0.1) is 0 Å². The van der Waals surface area contributed by atoms with Crippen molar-refractivity contribution in [2.24, 2.45) is 0 Å². The number of nitrogens with one attached hydrogen (secondary N) is 1. The lowest BCUT2D eigenvalue weighted by Crippen LogP contribution is -2.48. The highest BCUT2D eigenvalue weighted by Gasteiger charge is 2.22. The molecule has 4 rings (SSSR count). The molecule has 31 heavy (non-hydrogen) atoms. The second kappa shape index (κ2) is 9.94. The fourth-order valence-corrected chi connectivity index (χ4v) is 4.40. The molecule has 1 aliphatic heterocycles. The summed E-state index contributed by atoms with van der Waals surface area (Å²) in [6.07, 6.45) is 9.91. The molecule has 1 aromatic heterocycles. The van der Waals surface area contributed by atoms with Crippen molar-refractivity contribution in [1.82, 2.24) is 14.9 Å². The number of aryl methyl sites for hydroxylation is 2. The number of benzene rings is 1. The van der Waals surface area contributed by atoms with Crippen molar-refractivity contribution in [3.05, 3.63) is 53.2 Å². The monoisotopic (exact) mass is 419 g/mol. The Balaban J connectivity index is 1.35. The number of aromatic nitrogens is 2. The number of hydrogen-bond donors (Lipinski definition) is 1. The average Bonchev–Trinajstić information content (AvgIpc) is 2.79. The maximum absolute atomic E-state index is 12.6. The van der Waals surface area contributed by atoms with Crippen molar-refractivity contribution < 1.29 is 4.79 Å². The Morgan fingerprint density at radius 2 is 1.77 bits per heavy atom. The standard InChI is InChI=1S/C25H33N5O/c1-19-8-6-7-9-21(19)12-13-24(31)30-16-14-29(15-17-30)23-18-20(2)26-25(28-23)27-22-10-4-3-5-11-22/h6-9,12-13,18,22H,3-5,10-11,14-17H2,1-2H3,(H,26,27,28)/b13-12+. The maximum Gasteiger partial charge on any atom is 0.246 e. The molecule has 0 bridgehead atoms. The van der Waals surface area contributed by atoms with Gasteiger partial charge in [-0.2, -0.15) is 4.98 Å². The van der Waals surface area contributed by atoms with Gasteiger partial charge >= 0.3 is 0 Å². The van der Waals surface area contributed by atoms with Gasteiger partial charge in [0.2, 0.25) is 11.9 Å². The van der Waals surface area contributed by atoms with Crippen LogP contribution in [0.2, 0.25) is 0 Å². The summed E-state index contributed by atoms with van der Waals surface area (Å²) < 4.78 is 0. The number of amides is 1. The summed E-state index contributed by atoms with van der Waals surface area (Å²) in [6.45, 7) is 7.04. The summed E-state index contributed by atoms with van der Waals surface area (Å²) in [4.78, 5) is 26.2. The first-order valence-corrected chi connectivity index (χ1v) is 11.5. The molecule has 1 aliphatic carbocycles. The average molecular weight is 420 g/mol. The highest BCUT2D eigenvalue weighted by Crippen LogP contribution is 2.22. The normalized spacial score (nSPS) is 17.9. The SMILES string of the molecule is Cc1cc(N2CCN(C(=O)/C=C/c3ccccc3C)CC2)nc(NC2CCCCC2)n1. The third-order valence-electron chi connectivity index (χ3n) is 6.29. The lowest BCUT2D eigenvalue weighted by Gasteiger charge is -2.35.